The third-order valence-corrected chi connectivity index (χ3v) is 6.04. The van der Waals surface area contributed by atoms with E-state index < -0.39 is 0 Å². The smallest absolute Gasteiger partial charge is 0.120 e. The van der Waals surface area contributed by atoms with E-state index in [9.17, 15) is 0 Å². The minimum Gasteiger partial charge on any atom is -0.490 e. The zero-order valence-corrected chi connectivity index (χ0v) is 17.1. The number of benzene rings is 2. The maximum Gasteiger partial charge on any atom is 0.120 e. The molecular weight excluding hydrogens is 370 g/mol. The molecule has 1 N–H and O–H groups in total. The van der Waals surface area contributed by atoms with Crippen LogP contribution in [0.2, 0.25) is 0 Å². The Kier molecular flexibility index (Phi) is 5.49. The molecule has 30 heavy (non-hydrogen) atoms. The van der Waals surface area contributed by atoms with Gasteiger partial charge in [0.25, 0.3) is 0 Å². The lowest BCUT2D eigenvalue weighted by Crippen LogP contribution is -2.39. The molecule has 1 saturated heterocycles. The number of piperidine rings is 1. The van der Waals surface area contributed by atoms with Crippen molar-refractivity contribution in [1.29, 1.82) is 0 Å². The molecule has 0 unspecified atom stereocenters. The van der Waals surface area contributed by atoms with Gasteiger partial charge >= 0.3 is 0 Å². The maximum atomic E-state index is 6.32. The van der Waals surface area contributed by atoms with Crippen LogP contribution in [-0.2, 0) is 6.42 Å². The number of ether oxygens (including phenoxy) is 1. The summed E-state index contributed by atoms with van der Waals surface area (Å²) in [6.07, 6.45) is 9.38. The van der Waals surface area contributed by atoms with Gasteiger partial charge in [-0.2, -0.15) is 0 Å². The summed E-state index contributed by atoms with van der Waals surface area (Å²) in [5.41, 5.74) is 4.91. The molecule has 0 spiro atoms. The summed E-state index contributed by atoms with van der Waals surface area (Å²) in [7, 11) is 0. The SMILES string of the molecule is c1cncc(-c2cccc(OC3CCN(CCc4c[nH]c5ccccc45)CC3)c2)c1. The molecule has 0 aliphatic carbocycles. The lowest BCUT2D eigenvalue weighted by Gasteiger charge is -2.32. The van der Waals surface area contributed by atoms with Crippen molar-refractivity contribution in [2.24, 2.45) is 0 Å². The van der Waals surface area contributed by atoms with Crippen LogP contribution in [0.25, 0.3) is 22.0 Å². The highest BCUT2D eigenvalue weighted by atomic mass is 16.5. The third kappa shape index (κ3) is 4.24. The van der Waals surface area contributed by atoms with E-state index in [4.69, 9.17) is 4.74 Å². The Labute approximate surface area is 177 Å². The molecule has 1 fully saturated rings. The second-order valence-corrected chi connectivity index (χ2v) is 8.04. The molecule has 1 aliphatic heterocycles. The van der Waals surface area contributed by atoms with Crippen molar-refractivity contribution in [2.45, 2.75) is 25.4 Å². The molecule has 4 heteroatoms. The van der Waals surface area contributed by atoms with E-state index in [0.29, 0.717) is 6.10 Å². The van der Waals surface area contributed by atoms with Crippen molar-refractivity contribution in [3.8, 4) is 16.9 Å². The van der Waals surface area contributed by atoms with Crippen molar-refractivity contribution < 1.29 is 4.74 Å². The molecule has 3 heterocycles. The lowest BCUT2D eigenvalue weighted by atomic mass is 10.1. The first kappa shape index (κ1) is 18.9. The molecule has 4 aromatic rings. The van der Waals surface area contributed by atoms with Crippen LogP contribution in [0.5, 0.6) is 5.75 Å². The highest BCUT2D eigenvalue weighted by Gasteiger charge is 2.20. The molecule has 0 atom stereocenters. The van der Waals surface area contributed by atoms with E-state index in [0.717, 1.165) is 55.8 Å². The van der Waals surface area contributed by atoms with E-state index in [1.165, 1.54) is 16.5 Å². The first-order chi connectivity index (χ1) is 14.8. The van der Waals surface area contributed by atoms with E-state index >= 15 is 0 Å². The number of nitrogens with one attached hydrogen (secondary N) is 1. The van der Waals surface area contributed by atoms with E-state index in [1.54, 1.807) is 6.20 Å². The van der Waals surface area contributed by atoms with Gasteiger partial charge in [0.2, 0.25) is 0 Å². The number of pyridine rings is 1. The predicted octanol–water partition coefficient (Wildman–Crippen LogP) is 5.32. The fourth-order valence-corrected chi connectivity index (χ4v) is 4.34. The van der Waals surface area contributed by atoms with Crippen LogP contribution in [0.4, 0.5) is 0 Å². The van der Waals surface area contributed by atoms with Crippen molar-refractivity contribution in [3.05, 3.63) is 84.8 Å². The van der Waals surface area contributed by atoms with Gasteiger partial charge in [-0.05, 0) is 54.7 Å². The molecule has 1 aliphatic rings. The Morgan fingerprint density at radius 3 is 2.70 bits per heavy atom. The first-order valence-corrected chi connectivity index (χ1v) is 10.8. The van der Waals surface area contributed by atoms with Gasteiger partial charge in [0.05, 0.1) is 0 Å². The Morgan fingerprint density at radius 1 is 0.967 bits per heavy atom. The highest BCUT2D eigenvalue weighted by molar-refractivity contribution is 5.83. The monoisotopic (exact) mass is 397 g/mol. The van der Waals surface area contributed by atoms with Crippen molar-refractivity contribution in [1.82, 2.24) is 14.9 Å². The average molecular weight is 398 g/mol. The lowest BCUT2D eigenvalue weighted by molar-refractivity contribution is 0.101. The van der Waals surface area contributed by atoms with E-state index in [2.05, 4.69) is 75.7 Å². The van der Waals surface area contributed by atoms with Gasteiger partial charge < -0.3 is 14.6 Å². The number of hydrogen-bond acceptors (Lipinski definition) is 3. The van der Waals surface area contributed by atoms with Crippen LogP contribution in [0.1, 0.15) is 18.4 Å². The van der Waals surface area contributed by atoms with Gasteiger partial charge in [0.15, 0.2) is 0 Å². The number of rotatable bonds is 6. The molecular formula is C26H27N3O. The number of aromatic nitrogens is 2. The predicted molar refractivity (Wildman–Crippen MR) is 122 cm³/mol. The molecule has 0 bridgehead atoms. The molecule has 5 rings (SSSR count). The quantitative estimate of drug-likeness (QED) is 0.479. The standard InChI is InChI=1S/C26H27N3O/c1-2-9-26-25(8-1)22(19-28-26)10-14-29-15-11-23(12-16-29)30-24-7-3-5-20(17-24)21-6-4-13-27-18-21/h1-9,13,17-19,23,28H,10-12,14-16H2. The van der Waals surface area contributed by atoms with Crippen LogP contribution in [0, 0.1) is 0 Å². The number of fused-ring (bicyclic) bond motifs is 1. The Balaban J connectivity index is 1.14. The summed E-state index contributed by atoms with van der Waals surface area (Å²) in [5, 5.41) is 1.35. The second kappa shape index (κ2) is 8.72. The van der Waals surface area contributed by atoms with Gasteiger partial charge in [-0.25, -0.2) is 0 Å². The van der Waals surface area contributed by atoms with Gasteiger partial charge in [0, 0.05) is 54.7 Å². The summed E-state index contributed by atoms with van der Waals surface area (Å²) in [5.74, 6) is 0.952. The molecule has 0 radical (unpaired) electrons. The zero-order valence-electron chi connectivity index (χ0n) is 17.1. The topological polar surface area (TPSA) is 41.1 Å². The van der Waals surface area contributed by atoms with E-state index in [-0.39, 0.29) is 0 Å². The van der Waals surface area contributed by atoms with Crippen molar-refractivity contribution >= 4 is 10.9 Å². The summed E-state index contributed by atoms with van der Waals surface area (Å²) in [6, 6.07) is 21.0. The van der Waals surface area contributed by atoms with Crippen LogP contribution >= 0.6 is 0 Å². The number of para-hydroxylation sites is 1. The maximum absolute atomic E-state index is 6.32. The molecule has 4 nitrogen and oxygen atoms in total. The molecule has 152 valence electrons. The summed E-state index contributed by atoms with van der Waals surface area (Å²) < 4.78 is 6.32. The third-order valence-electron chi connectivity index (χ3n) is 6.04. The molecule has 0 amide bonds. The minimum absolute atomic E-state index is 0.290. The summed E-state index contributed by atoms with van der Waals surface area (Å²) in [4.78, 5) is 10.2. The van der Waals surface area contributed by atoms with Gasteiger partial charge in [0.1, 0.15) is 11.9 Å². The van der Waals surface area contributed by atoms with Crippen molar-refractivity contribution in [2.75, 3.05) is 19.6 Å². The summed E-state index contributed by atoms with van der Waals surface area (Å²) in [6.45, 7) is 3.29. The minimum atomic E-state index is 0.290. The van der Waals surface area contributed by atoms with Gasteiger partial charge in [-0.1, -0.05) is 36.4 Å². The number of likely N-dealkylation sites (tertiary alicyclic amines) is 1. The summed E-state index contributed by atoms with van der Waals surface area (Å²) >= 11 is 0. The van der Waals surface area contributed by atoms with Gasteiger partial charge in [-0.3, -0.25) is 4.98 Å². The number of aromatic amines is 1. The van der Waals surface area contributed by atoms with Crippen LogP contribution < -0.4 is 4.74 Å². The Hall–Kier alpha value is -3.11. The average Bonchev–Trinajstić information content (AvgIpc) is 3.23. The normalized spacial score (nSPS) is 15.5. The Bertz CT molecular complexity index is 1100. The van der Waals surface area contributed by atoms with Crippen LogP contribution in [0.15, 0.2) is 79.3 Å². The molecule has 0 saturated carbocycles. The number of hydrogen-bond donors (Lipinski definition) is 1. The highest BCUT2D eigenvalue weighted by Crippen LogP contribution is 2.26. The van der Waals surface area contributed by atoms with Crippen LogP contribution in [0.3, 0.4) is 0 Å². The number of H-pyrrole nitrogens is 1. The molecule has 2 aromatic heterocycles. The van der Waals surface area contributed by atoms with Gasteiger partial charge in [-0.15, -0.1) is 0 Å². The fraction of sp³-hybridized carbons (Fsp3) is 0.269. The second-order valence-electron chi connectivity index (χ2n) is 8.04. The van der Waals surface area contributed by atoms with Crippen molar-refractivity contribution in [3.63, 3.8) is 0 Å². The first-order valence-electron chi connectivity index (χ1n) is 10.8. The zero-order chi connectivity index (χ0) is 20.2. The van der Waals surface area contributed by atoms with E-state index in [1.807, 2.05) is 12.3 Å². The molecule has 2 aromatic carbocycles. The van der Waals surface area contributed by atoms with Crippen LogP contribution in [-0.4, -0.2) is 40.6 Å². The number of nitrogens with zero attached hydrogens (tertiary/aromatic N) is 2. The largest absolute Gasteiger partial charge is 0.490 e. The Morgan fingerprint density at radius 2 is 1.83 bits per heavy atom. The fourth-order valence-electron chi connectivity index (χ4n) is 4.34.